The van der Waals surface area contributed by atoms with Gasteiger partial charge in [-0.1, -0.05) is 13.8 Å². The average molecular weight is 228 g/mol. The van der Waals surface area contributed by atoms with Crippen LogP contribution in [0.5, 0.6) is 0 Å². The largest absolute Gasteiger partial charge is 0.352 e. The molecule has 92 valence electrons. The molecular weight excluding hydrogens is 208 g/mol. The Bertz CT molecular complexity index is 242. The van der Waals surface area contributed by atoms with Gasteiger partial charge in [0.25, 0.3) is 0 Å². The van der Waals surface area contributed by atoms with Crippen molar-refractivity contribution in [2.45, 2.75) is 38.1 Å². The molecule has 0 spiro atoms. The Morgan fingerprint density at radius 1 is 1.06 bits per heavy atom. The highest BCUT2D eigenvalue weighted by atomic mass is 16.6. The second kappa shape index (κ2) is 4.41. The van der Waals surface area contributed by atoms with E-state index in [-0.39, 0.29) is 5.78 Å². The van der Waals surface area contributed by atoms with E-state index >= 15 is 0 Å². The summed E-state index contributed by atoms with van der Waals surface area (Å²) in [6.07, 6.45) is 1.25. The first-order valence-electron chi connectivity index (χ1n) is 6.02. The Morgan fingerprint density at radius 3 is 1.75 bits per heavy atom. The molecule has 0 aliphatic carbocycles. The summed E-state index contributed by atoms with van der Waals surface area (Å²) >= 11 is 0. The lowest BCUT2D eigenvalue weighted by atomic mass is 9.94. The predicted octanol–water partition coefficient (Wildman–Crippen LogP) is 0.00770. The molecule has 0 aromatic heterocycles. The minimum Gasteiger partial charge on any atom is -0.352 e. The number of carbonyl (C=O) groups excluding carboxylic acids is 1. The van der Waals surface area contributed by atoms with Crippen LogP contribution in [-0.4, -0.2) is 43.5 Å². The molecule has 0 bridgehead atoms. The number of rotatable bonds is 4. The van der Waals surface area contributed by atoms with Crippen molar-refractivity contribution in [1.29, 1.82) is 0 Å². The van der Waals surface area contributed by atoms with Gasteiger partial charge in [-0.25, -0.2) is 0 Å². The summed E-state index contributed by atoms with van der Waals surface area (Å²) in [6.45, 7) is 6.51. The molecule has 0 amide bonds. The molecule has 2 aliphatic heterocycles. The van der Waals surface area contributed by atoms with Crippen molar-refractivity contribution in [3.63, 3.8) is 0 Å². The van der Waals surface area contributed by atoms with E-state index in [1.54, 1.807) is 0 Å². The normalized spacial score (nSPS) is 39.1. The maximum Gasteiger partial charge on any atom is 0.225 e. The number of carbonyl (C=O) groups is 1. The standard InChI is InChI=1S/C11H20N2O3/c1-3-10(12-5-7-15-10)9(14)11(4-2)13-6-8-16-11/h12-13H,3-8H2,1-2H3. The summed E-state index contributed by atoms with van der Waals surface area (Å²) in [6, 6.07) is 0. The average Bonchev–Trinajstić information content (AvgIpc) is 2.99. The first-order chi connectivity index (χ1) is 7.69. The van der Waals surface area contributed by atoms with Gasteiger partial charge in [-0.2, -0.15) is 0 Å². The van der Waals surface area contributed by atoms with Crippen LogP contribution in [0.25, 0.3) is 0 Å². The SMILES string of the molecule is CCC1(C(=O)C2(CC)NCCO2)NCCO1. The Morgan fingerprint density at radius 2 is 1.50 bits per heavy atom. The molecule has 2 rings (SSSR count). The van der Waals surface area contributed by atoms with Crippen molar-refractivity contribution < 1.29 is 14.3 Å². The monoisotopic (exact) mass is 228 g/mol. The molecule has 0 saturated carbocycles. The molecule has 2 saturated heterocycles. The van der Waals surface area contributed by atoms with Crippen LogP contribution in [0.15, 0.2) is 0 Å². The molecule has 2 N–H and O–H groups in total. The fraction of sp³-hybridized carbons (Fsp3) is 0.909. The molecule has 2 heterocycles. The Kier molecular flexibility index (Phi) is 3.30. The summed E-state index contributed by atoms with van der Waals surface area (Å²) in [7, 11) is 0. The predicted molar refractivity (Wildman–Crippen MR) is 59.0 cm³/mol. The van der Waals surface area contributed by atoms with Crippen LogP contribution in [-0.2, 0) is 14.3 Å². The molecule has 5 heteroatoms. The van der Waals surface area contributed by atoms with Crippen molar-refractivity contribution in [2.24, 2.45) is 0 Å². The van der Waals surface area contributed by atoms with Gasteiger partial charge in [0.2, 0.25) is 5.78 Å². The van der Waals surface area contributed by atoms with Gasteiger partial charge < -0.3 is 9.47 Å². The molecule has 16 heavy (non-hydrogen) atoms. The van der Waals surface area contributed by atoms with Crippen molar-refractivity contribution in [2.75, 3.05) is 26.3 Å². The second-order valence-corrected chi connectivity index (χ2v) is 4.24. The summed E-state index contributed by atoms with van der Waals surface area (Å²) in [5.74, 6) is -0.0139. The quantitative estimate of drug-likeness (QED) is 0.709. The highest BCUT2D eigenvalue weighted by Gasteiger charge is 2.53. The lowest BCUT2D eigenvalue weighted by Gasteiger charge is -2.35. The Balaban J connectivity index is 2.21. The van der Waals surface area contributed by atoms with Crippen molar-refractivity contribution in [3.05, 3.63) is 0 Å². The highest BCUT2D eigenvalue weighted by molar-refractivity contribution is 5.94. The summed E-state index contributed by atoms with van der Waals surface area (Å²) in [4.78, 5) is 12.6. The third kappa shape index (κ3) is 1.68. The van der Waals surface area contributed by atoms with Crippen molar-refractivity contribution in [1.82, 2.24) is 10.6 Å². The maximum absolute atomic E-state index is 12.6. The van der Waals surface area contributed by atoms with Gasteiger partial charge in [-0.3, -0.25) is 15.4 Å². The smallest absolute Gasteiger partial charge is 0.225 e. The number of nitrogens with one attached hydrogen (secondary N) is 2. The summed E-state index contributed by atoms with van der Waals surface area (Å²) in [5, 5.41) is 6.33. The van der Waals surface area contributed by atoms with E-state index < -0.39 is 11.4 Å². The van der Waals surface area contributed by atoms with E-state index in [2.05, 4.69) is 10.6 Å². The van der Waals surface area contributed by atoms with Crippen molar-refractivity contribution >= 4 is 5.78 Å². The second-order valence-electron chi connectivity index (χ2n) is 4.24. The lowest BCUT2D eigenvalue weighted by Crippen LogP contribution is -2.62. The molecule has 0 aromatic rings. The number of hydrogen-bond donors (Lipinski definition) is 2. The third-order valence-electron chi connectivity index (χ3n) is 3.45. The zero-order chi connectivity index (χ0) is 11.6. The molecular formula is C11H20N2O3. The highest BCUT2D eigenvalue weighted by Crippen LogP contribution is 2.29. The van der Waals surface area contributed by atoms with Crippen LogP contribution >= 0.6 is 0 Å². The molecule has 2 unspecified atom stereocenters. The number of Topliss-reactive ketones (excluding diaryl/α,β-unsaturated/α-hetero) is 1. The van der Waals surface area contributed by atoms with E-state index in [1.165, 1.54) is 0 Å². The lowest BCUT2D eigenvalue weighted by molar-refractivity contribution is -0.165. The van der Waals surface area contributed by atoms with E-state index in [0.717, 1.165) is 13.1 Å². The molecule has 0 radical (unpaired) electrons. The number of ether oxygens (including phenoxy) is 2. The topological polar surface area (TPSA) is 59.6 Å². The minimum atomic E-state index is -0.854. The molecule has 2 aliphatic rings. The van der Waals surface area contributed by atoms with Gasteiger partial charge in [0.05, 0.1) is 13.2 Å². The molecule has 2 atom stereocenters. The van der Waals surface area contributed by atoms with E-state index in [1.807, 2.05) is 13.8 Å². The van der Waals surface area contributed by atoms with Crippen LogP contribution in [0.2, 0.25) is 0 Å². The fourth-order valence-electron chi connectivity index (χ4n) is 2.45. The van der Waals surface area contributed by atoms with E-state index in [0.29, 0.717) is 26.1 Å². The third-order valence-corrected chi connectivity index (χ3v) is 3.45. The number of hydrogen-bond acceptors (Lipinski definition) is 5. The zero-order valence-electron chi connectivity index (χ0n) is 9.97. The van der Waals surface area contributed by atoms with Crippen LogP contribution in [0.3, 0.4) is 0 Å². The van der Waals surface area contributed by atoms with Gasteiger partial charge in [0, 0.05) is 13.1 Å². The van der Waals surface area contributed by atoms with E-state index in [4.69, 9.17) is 9.47 Å². The summed E-state index contributed by atoms with van der Waals surface area (Å²) in [5.41, 5.74) is -1.71. The fourth-order valence-corrected chi connectivity index (χ4v) is 2.45. The zero-order valence-corrected chi connectivity index (χ0v) is 9.97. The maximum atomic E-state index is 12.6. The Labute approximate surface area is 95.9 Å². The molecule has 2 fully saturated rings. The van der Waals surface area contributed by atoms with Crippen LogP contribution in [0.1, 0.15) is 26.7 Å². The first-order valence-corrected chi connectivity index (χ1v) is 6.02. The van der Waals surface area contributed by atoms with Gasteiger partial charge in [-0.05, 0) is 12.8 Å². The summed E-state index contributed by atoms with van der Waals surface area (Å²) < 4.78 is 11.2. The van der Waals surface area contributed by atoms with Crippen LogP contribution < -0.4 is 10.6 Å². The van der Waals surface area contributed by atoms with E-state index in [9.17, 15) is 4.79 Å². The molecule has 5 nitrogen and oxygen atoms in total. The van der Waals surface area contributed by atoms with Crippen LogP contribution in [0, 0.1) is 0 Å². The minimum absolute atomic E-state index is 0.0139. The van der Waals surface area contributed by atoms with Gasteiger partial charge in [0.15, 0.2) is 11.4 Å². The van der Waals surface area contributed by atoms with Crippen molar-refractivity contribution in [3.8, 4) is 0 Å². The Hall–Kier alpha value is -0.490. The first kappa shape index (κ1) is 12.0. The van der Waals surface area contributed by atoms with Crippen LogP contribution in [0.4, 0.5) is 0 Å². The van der Waals surface area contributed by atoms with Gasteiger partial charge in [-0.15, -0.1) is 0 Å². The van der Waals surface area contributed by atoms with Gasteiger partial charge in [0.1, 0.15) is 0 Å². The molecule has 0 aromatic carbocycles. The number of ketones is 1. The van der Waals surface area contributed by atoms with Gasteiger partial charge >= 0.3 is 0 Å².